The molecule has 0 unspecified atom stereocenters. The van der Waals surface area contributed by atoms with E-state index in [1.807, 2.05) is 53.4 Å². The third kappa shape index (κ3) is 5.16. The maximum Gasteiger partial charge on any atom is 0.293 e. The van der Waals surface area contributed by atoms with Crippen molar-refractivity contribution in [1.29, 1.82) is 0 Å². The van der Waals surface area contributed by atoms with Crippen LogP contribution < -0.4 is 0 Å². The lowest BCUT2D eigenvalue weighted by Crippen LogP contribution is -2.40. The molecule has 2 aliphatic heterocycles. The molecule has 0 radical (unpaired) electrons. The summed E-state index contributed by atoms with van der Waals surface area (Å²) >= 11 is 0.916. The lowest BCUT2D eigenvalue weighted by atomic mass is 9.96. The highest BCUT2D eigenvalue weighted by Gasteiger charge is 2.36. The molecule has 6 nitrogen and oxygen atoms in total. The second kappa shape index (κ2) is 10.4. The van der Waals surface area contributed by atoms with Gasteiger partial charge in [-0.1, -0.05) is 48.6 Å². The quantitative estimate of drug-likeness (QED) is 0.594. The number of piperidine rings is 1. The van der Waals surface area contributed by atoms with Crippen molar-refractivity contribution in [2.45, 2.75) is 31.7 Å². The second-order valence-electron chi connectivity index (χ2n) is 7.76. The van der Waals surface area contributed by atoms with Crippen molar-refractivity contribution in [3.8, 4) is 0 Å². The van der Waals surface area contributed by atoms with Gasteiger partial charge in [-0.3, -0.25) is 24.3 Å². The molecule has 0 spiro atoms. The van der Waals surface area contributed by atoms with E-state index in [-0.39, 0.29) is 36.1 Å². The van der Waals surface area contributed by atoms with Gasteiger partial charge in [-0.2, -0.15) is 0 Å². The van der Waals surface area contributed by atoms with E-state index >= 15 is 0 Å². The average molecular weight is 448 g/mol. The van der Waals surface area contributed by atoms with E-state index in [1.54, 1.807) is 24.5 Å². The molecule has 0 bridgehead atoms. The Morgan fingerprint density at radius 2 is 1.97 bits per heavy atom. The van der Waals surface area contributed by atoms with Gasteiger partial charge in [-0.25, -0.2) is 0 Å². The van der Waals surface area contributed by atoms with Crippen LogP contribution in [0.2, 0.25) is 0 Å². The summed E-state index contributed by atoms with van der Waals surface area (Å²) in [5.41, 5.74) is 2.04. The third-order valence-electron chi connectivity index (χ3n) is 5.65. The normalized spacial score (nSPS) is 20.5. The Balaban J connectivity index is 1.37. The summed E-state index contributed by atoms with van der Waals surface area (Å²) in [7, 11) is 0. The summed E-state index contributed by atoms with van der Waals surface area (Å²) in [6.45, 7) is 0.782. The molecule has 164 valence electrons. The van der Waals surface area contributed by atoms with Crippen LogP contribution in [0.1, 0.15) is 42.9 Å². The Labute approximate surface area is 192 Å². The largest absolute Gasteiger partial charge is 0.336 e. The van der Waals surface area contributed by atoms with Crippen LogP contribution in [-0.2, 0) is 9.59 Å². The molecule has 2 fully saturated rings. The number of benzene rings is 1. The van der Waals surface area contributed by atoms with Crippen LogP contribution in [0.25, 0.3) is 6.08 Å². The molecular weight excluding hydrogens is 422 g/mol. The zero-order chi connectivity index (χ0) is 22.3. The van der Waals surface area contributed by atoms with Gasteiger partial charge in [-0.05, 0) is 54.3 Å². The number of hydrogen-bond donors (Lipinski definition) is 0. The molecular formula is C25H25N3O3S. The van der Waals surface area contributed by atoms with Crippen molar-refractivity contribution in [2.75, 3.05) is 13.1 Å². The predicted octanol–water partition coefficient (Wildman–Crippen LogP) is 4.82. The lowest BCUT2D eigenvalue weighted by molar-refractivity contribution is -0.135. The van der Waals surface area contributed by atoms with E-state index in [0.29, 0.717) is 11.4 Å². The molecule has 0 aliphatic carbocycles. The molecule has 1 aromatic heterocycles. The fourth-order valence-electron chi connectivity index (χ4n) is 4.02. The fourth-order valence-corrected chi connectivity index (χ4v) is 4.84. The van der Waals surface area contributed by atoms with Gasteiger partial charge in [0.25, 0.3) is 11.1 Å². The molecule has 0 saturated carbocycles. The van der Waals surface area contributed by atoms with E-state index in [0.717, 1.165) is 42.2 Å². The average Bonchev–Trinajstić information content (AvgIpc) is 3.11. The van der Waals surface area contributed by atoms with Crippen LogP contribution in [-0.4, -0.2) is 44.9 Å². The number of pyridine rings is 1. The van der Waals surface area contributed by atoms with E-state index in [9.17, 15) is 14.4 Å². The standard InChI is InChI=1S/C25H25N3O3S/c29-23(27-16-5-4-12-21(27)20-11-7-15-26-18-20)14-17-28-24(30)22(32-25(28)31)13-6-10-19-8-2-1-3-9-19/h1-3,6-11,13,15,18,21H,4-5,12,14,16-17H2/b10-6+,22-13+/t21-/m0/s1. The first-order valence-corrected chi connectivity index (χ1v) is 11.6. The van der Waals surface area contributed by atoms with Gasteiger partial charge in [0.2, 0.25) is 5.91 Å². The Hall–Kier alpha value is -3.19. The van der Waals surface area contributed by atoms with Gasteiger partial charge in [-0.15, -0.1) is 0 Å². The molecule has 2 aliphatic rings. The molecule has 4 rings (SSSR count). The second-order valence-corrected chi connectivity index (χ2v) is 8.75. The van der Waals surface area contributed by atoms with Crippen molar-refractivity contribution in [3.05, 3.63) is 83.0 Å². The summed E-state index contributed by atoms with van der Waals surface area (Å²) < 4.78 is 0. The maximum atomic E-state index is 13.0. The number of carbonyl (C=O) groups excluding carboxylic acids is 3. The summed E-state index contributed by atoms with van der Waals surface area (Å²) in [6.07, 6.45) is 11.9. The third-order valence-corrected chi connectivity index (χ3v) is 6.58. The highest BCUT2D eigenvalue weighted by atomic mass is 32.2. The summed E-state index contributed by atoms with van der Waals surface area (Å²) in [5.74, 6) is -0.376. The lowest BCUT2D eigenvalue weighted by Gasteiger charge is -2.36. The van der Waals surface area contributed by atoms with Crippen LogP contribution in [0.5, 0.6) is 0 Å². The van der Waals surface area contributed by atoms with Crippen LogP contribution in [0.15, 0.2) is 71.9 Å². The molecule has 1 aromatic carbocycles. The molecule has 0 N–H and O–H groups in total. The van der Waals surface area contributed by atoms with Gasteiger partial charge < -0.3 is 4.90 Å². The molecule has 2 saturated heterocycles. The van der Waals surface area contributed by atoms with Crippen LogP contribution in [0.3, 0.4) is 0 Å². The first-order chi connectivity index (χ1) is 15.6. The number of rotatable bonds is 6. The number of hydrogen-bond acceptors (Lipinski definition) is 5. The number of carbonyl (C=O) groups is 3. The van der Waals surface area contributed by atoms with Gasteiger partial charge in [0.05, 0.1) is 10.9 Å². The smallest absolute Gasteiger partial charge is 0.293 e. The molecule has 3 heterocycles. The minimum atomic E-state index is -0.340. The number of aromatic nitrogens is 1. The minimum absolute atomic E-state index is 0.00267. The highest BCUT2D eigenvalue weighted by molar-refractivity contribution is 8.18. The monoisotopic (exact) mass is 447 g/mol. The Kier molecular flexibility index (Phi) is 7.17. The summed E-state index contributed by atoms with van der Waals surface area (Å²) in [4.78, 5) is 45.6. The number of nitrogens with zero attached hydrogens (tertiary/aromatic N) is 3. The van der Waals surface area contributed by atoms with Crippen LogP contribution in [0, 0.1) is 0 Å². The van der Waals surface area contributed by atoms with Crippen LogP contribution >= 0.6 is 11.8 Å². The van der Waals surface area contributed by atoms with Crippen molar-refractivity contribution in [1.82, 2.24) is 14.8 Å². The fraction of sp³-hybridized carbons (Fsp3) is 0.280. The van der Waals surface area contributed by atoms with Gasteiger partial charge in [0, 0.05) is 31.9 Å². The van der Waals surface area contributed by atoms with Crippen molar-refractivity contribution < 1.29 is 14.4 Å². The number of thioether (sulfide) groups is 1. The zero-order valence-corrected chi connectivity index (χ0v) is 18.5. The Bertz CT molecular complexity index is 1040. The van der Waals surface area contributed by atoms with E-state index in [1.165, 1.54) is 4.90 Å². The maximum absolute atomic E-state index is 13.0. The number of imide groups is 1. The summed E-state index contributed by atoms with van der Waals surface area (Å²) in [5, 5.41) is -0.329. The molecule has 32 heavy (non-hydrogen) atoms. The van der Waals surface area contributed by atoms with Gasteiger partial charge in [0.1, 0.15) is 0 Å². The van der Waals surface area contributed by atoms with Crippen molar-refractivity contribution >= 4 is 34.9 Å². The highest BCUT2D eigenvalue weighted by Crippen LogP contribution is 2.33. The predicted molar refractivity (Wildman–Crippen MR) is 125 cm³/mol. The molecule has 7 heteroatoms. The van der Waals surface area contributed by atoms with Crippen molar-refractivity contribution in [3.63, 3.8) is 0 Å². The SMILES string of the molecule is O=C1S/C(=C/C=C/c2ccccc2)C(=O)N1CCC(=O)N1CCCC[C@H]1c1cccnc1. The number of likely N-dealkylation sites (tertiary alicyclic amines) is 1. The van der Waals surface area contributed by atoms with Crippen molar-refractivity contribution in [2.24, 2.45) is 0 Å². The van der Waals surface area contributed by atoms with Crippen LogP contribution in [0.4, 0.5) is 4.79 Å². The Morgan fingerprint density at radius 1 is 1.12 bits per heavy atom. The first kappa shape index (κ1) is 22.0. The first-order valence-electron chi connectivity index (χ1n) is 10.8. The van der Waals surface area contributed by atoms with E-state index in [4.69, 9.17) is 0 Å². The van der Waals surface area contributed by atoms with Gasteiger partial charge in [0.15, 0.2) is 0 Å². The summed E-state index contributed by atoms with van der Waals surface area (Å²) in [6, 6.07) is 13.6. The zero-order valence-electron chi connectivity index (χ0n) is 17.7. The Morgan fingerprint density at radius 3 is 2.75 bits per heavy atom. The molecule has 1 atom stereocenters. The van der Waals surface area contributed by atoms with E-state index in [2.05, 4.69) is 4.98 Å². The van der Waals surface area contributed by atoms with Gasteiger partial charge >= 0.3 is 0 Å². The molecule has 3 amide bonds. The topological polar surface area (TPSA) is 70.6 Å². The van der Waals surface area contributed by atoms with E-state index < -0.39 is 0 Å². The number of amides is 3. The number of allylic oxidation sites excluding steroid dienone is 2. The molecule has 2 aromatic rings. The minimum Gasteiger partial charge on any atom is -0.336 e.